The third kappa shape index (κ3) is 6.29. The summed E-state index contributed by atoms with van der Waals surface area (Å²) in [4.78, 5) is 22.1. The molecule has 1 rings (SSSR count). The van der Waals surface area contributed by atoms with Crippen LogP contribution >= 0.6 is 0 Å². The van der Waals surface area contributed by atoms with Gasteiger partial charge in [-0.05, 0) is 12.8 Å². The Morgan fingerprint density at radius 2 is 1.50 bits per heavy atom. The van der Waals surface area contributed by atoms with Crippen molar-refractivity contribution in [1.82, 2.24) is 0 Å². The molecule has 1 aliphatic rings. The smallest absolute Gasteiger partial charge is 0.748 e. The van der Waals surface area contributed by atoms with Crippen molar-refractivity contribution >= 4 is 32.2 Å². The van der Waals surface area contributed by atoms with Crippen molar-refractivity contribution in [2.45, 2.75) is 18.1 Å². The molecule has 104 valence electrons. The largest absolute Gasteiger partial charge is 1.00 e. The van der Waals surface area contributed by atoms with Crippen LogP contribution < -0.4 is 37.7 Å². The van der Waals surface area contributed by atoms with Crippen molar-refractivity contribution in [3.63, 3.8) is 0 Å². The van der Waals surface area contributed by atoms with Gasteiger partial charge >= 0.3 is 49.7 Å². The van der Waals surface area contributed by atoms with Crippen LogP contribution in [0.4, 0.5) is 0 Å². The van der Waals surface area contributed by atoms with Gasteiger partial charge in [-0.3, -0.25) is 9.59 Å². The second-order valence-electron chi connectivity index (χ2n) is 3.66. The maximum absolute atomic E-state index is 11.1. The van der Waals surface area contributed by atoms with Crippen molar-refractivity contribution in [1.29, 1.82) is 0 Å². The molecule has 0 spiro atoms. The van der Waals surface area contributed by atoms with E-state index >= 15 is 0 Å². The topological polar surface area (TPSA) is 158 Å². The number of ether oxygens (including phenoxy) is 1. The standard InChI is InChI=1S/C7H10O9S2.2Li/c8-6-4(2-1-3-17(10,11)12)5(7(9)16-6)18(13,14)15;;/h4-5H,1-3H2,(H,10,11,12)(H,13,14,15);;/q;2*+1/p-2. The van der Waals surface area contributed by atoms with E-state index in [0.29, 0.717) is 0 Å². The summed E-state index contributed by atoms with van der Waals surface area (Å²) in [6.45, 7) is 0. The zero-order chi connectivity index (χ0) is 14.1. The van der Waals surface area contributed by atoms with Crippen LogP contribution in [-0.2, 0) is 34.6 Å². The molecule has 2 atom stereocenters. The van der Waals surface area contributed by atoms with Gasteiger partial charge in [0.2, 0.25) is 0 Å². The van der Waals surface area contributed by atoms with Gasteiger partial charge in [-0.25, -0.2) is 16.8 Å². The van der Waals surface area contributed by atoms with Gasteiger partial charge in [0.25, 0.3) is 0 Å². The van der Waals surface area contributed by atoms with E-state index in [0.717, 1.165) is 0 Å². The zero-order valence-corrected chi connectivity index (χ0v) is 12.4. The van der Waals surface area contributed by atoms with Crippen molar-refractivity contribution < 1.29 is 78.0 Å². The number of carbonyl (C=O) groups is 2. The molecule has 0 N–H and O–H groups in total. The molecule has 0 bridgehead atoms. The monoisotopic (exact) mass is 314 g/mol. The molecule has 1 fully saturated rings. The van der Waals surface area contributed by atoms with Gasteiger partial charge in [0.1, 0.15) is 10.1 Å². The number of esters is 2. The van der Waals surface area contributed by atoms with Gasteiger partial charge in [0, 0.05) is 5.75 Å². The Morgan fingerprint density at radius 3 is 1.90 bits per heavy atom. The van der Waals surface area contributed by atoms with Crippen LogP contribution in [0.3, 0.4) is 0 Å². The minimum atomic E-state index is -5.07. The number of hydrogen-bond acceptors (Lipinski definition) is 9. The van der Waals surface area contributed by atoms with Crippen molar-refractivity contribution in [3.8, 4) is 0 Å². The predicted octanol–water partition coefficient (Wildman–Crippen LogP) is -8.07. The fourth-order valence-electron chi connectivity index (χ4n) is 1.59. The van der Waals surface area contributed by atoms with E-state index in [1.807, 2.05) is 0 Å². The van der Waals surface area contributed by atoms with Crippen molar-refractivity contribution in [2.24, 2.45) is 5.92 Å². The molecule has 0 amide bonds. The quantitative estimate of drug-likeness (QED) is 0.208. The fraction of sp³-hybridized carbons (Fsp3) is 0.714. The average Bonchev–Trinajstić information content (AvgIpc) is 2.38. The van der Waals surface area contributed by atoms with E-state index < -0.39 is 55.5 Å². The number of hydrogen-bond donors (Lipinski definition) is 0. The van der Waals surface area contributed by atoms with Crippen LogP contribution in [0.2, 0.25) is 0 Å². The summed E-state index contributed by atoms with van der Waals surface area (Å²) >= 11 is 0. The van der Waals surface area contributed by atoms with Gasteiger partial charge < -0.3 is 13.8 Å². The summed E-state index contributed by atoms with van der Waals surface area (Å²) in [6, 6.07) is 0. The van der Waals surface area contributed by atoms with Crippen LogP contribution in [0.15, 0.2) is 0 Å². The molecule has 0 radical (unpaired) electrons. The maximum Gasteiger partial charge on any atom is 1.00 e. The van der Waals surface area contributed by atoms with E-state index in [1.165, 1.54) is 0 Å². The number of cyclic esters (lactones) is 2. The Kier molecular flexibility index (Phi) is 8.93. The second kappa shape index (κ2) is 7.96. The fourth-order valence-corrected chi connectivity index (χ4v) is 3.04. The summed E-state index contributed by atoms with van der Waals surface area (Å²) in [5.41, 5.74) is 0. The van der Waals surface area contributed by atoms with E-state index in [9.17, 15) is 35.5 Å². The minimum Gasteiger partial charge on any atom is -0.748 e. The second-order valence-corrected chi connectivity index (χ2v) is 6.68. The molecular weight excluding hydrogens is 306 g/mol. The molecule has 13 heteroatoms. The number of rotatable bonds is 5. The molecule has 1 saturated heterocycles. The number of carbonyl (C=O) groups excluding carboxylic acids is 2. The maximum atomic E-state index is 11.1. The van der Waals surface area contributed by atoms with Crippen LogP contribution in [0, 0.1) is 5.92 Å². The Morgan fingerprint density at radius 1 is 1.00 bits per heavy atom. The molecule has 0 aliphatic carbocycles. The summed E-state index contributed by atoms with van der Waals surface area (Å²) < 4.78 is 67.3. The van der Waals surface area contributed by atoms with Crippen LogP contribution in [0.1, 0.15) is 12.8 Å². The Labute approximate surface area is 139 Å². The normalized spacial score (nSPS) is 22.7. The van der Waals surface area contributed by atoms with Crippen LogP contribution in [0.5, 0.6) is 0 Å². The molecule has 0 aromatic carbocycles. The first kappa shape index (κ1) is 22.4. The molecule has 0 aromatic rings. The summed E-state index contributed by atoms with van der Waals surface area (Å²) in [6.07, 6.45) is -0.747. The summed E-state index contributed by atoms with van der Waals surface area (Å²) in [7, 11) is -9.59. The van der Waals surface area contributed by atoms with Gasteiger partial charge in [0.05, 0.1) is 16.0 Å². The van der Waals surface area contributed by atoms with Gasteiger partial charge in [-0.2, -0.15) is 0 Å². The van der Waals surface area contributed by atoms with E-state index in [4.69, 9.17) is 0 Å². The predicted molar refractivity (Wildman–Crippen MR) is 51.9 cm³/mol. The minimum absolute atomic E-state index is 0. The SMILES string of the molecule is O=C1OC(=O)C(S(=O)(=O)[O-])C1CCCS(=O)(=O)[O-].[Li+].[Li+]. The average molecular weight is 314 g/mol. The zero-order valence-electron chi connectivity index (χ0n) is 10.8. The molecule has 2 unspecified atom stereocenters. The molecule has 20 heavy (non-hydrogen) atoms. The van der Waals surface area contributed by atoms with E-state index in [1.54, 1.807) is 0 Å². The van der Waals surface area contributed by atoms with E-state index in [2.05, 4.69) is 4.74 Å². The Bertz CT molecular complexity index is 567. The molecular formula is C7H8Li2O9S2. The van der Waals surface area contributed by atoms with Crippen molar-refractivity contribution in [2.75, 3.05) is 5.75 Å². The Hall–Kier alpha value is 0.155. The van der Waals surface area contributed by atoms with Gasteiger partial charge in [-0.1, -0.05) is 0 Å². The molecule has 1 heterocycles. The first-order valence-electron chi connectivity index (χ1n) is 4.66. The van der Waals surface area contributed by atoms with Crippen LogP contribution in [0.25, 0.3) is 0 Å². The summed E-state index contributed by atoms with van der Waals surface area (Å²) in [5, 5.41) is -2.17. The first-order chi connectivity index (χ1) is 8.02. The summed E-state index contributed by atoms with van der Waals surface area (Å²) in [5.74, 6) is -5.05. The third-order valence-electron chi connectivity index (χ3n) is 2.32. The van der Waals surface area contributed by atoms with Crippen LogP contribution in [-0.4, -0.2) is 48.9 Å². The first-order valence-corrected chi connectivity index (χ1v) is 7.71. The molecule has 9 nitrogen and oxygen atoms in total. The van der Waals surface area contributed by atoms with Crippen molar-refractivity contribution in [3.05, 3.63) is 0 Å². The third-order valence-corrected chi connectivity index (χ3v) is 4.25. The molecule has 1 aliphatic heterocycles. The van der Waals surface area contributed by atoms with E-state index in [-0.39, 0.29) is 44.1 Å². The molecule has 0 saturated carbocycles. The van der Waals surface area contributed by atoms with Gasteiger partial charge in [0.15, 0.2) is 5.25 Å². The Balaban J connectivity index is 0. The molecule has 0 aromatic heterocycles. The van der Waals surface area contributed by atoms with Gasteiger partial charge in [-0.15, -0.1) is 0 Å².